The predicted octanol–water partition coefficient (Wildman–Crippen LogP) is 14.3. The first-order valence-corrected chi connectivity index (χ1v) is 48.7. The molecule has 9 aliphatic rings. The molecule has 0 bridgehead atoms. The number of nitrogens with two attached hydrogens (primary N) is 1. The number of amides is 5. The van der Waals surface area contributed by atoms with Crippen molar-refractivity contribution < 1.29 is 133 Å². The number of Topliss-reactive ketones (excluding diaryl/α,β-unsaturated/α-hetero) is 3. The van der Waals surface area contributed by atoms with E-state index in [1.165, 1.54) is 106 Å². The van der Waals surface area contributed by atoms with E-state index in [4.69, 9.17) is 61.6 Å². The molecule has 3 aromatic carbocycles. The van der Waals surface area contributed by atoms with Gasteiger partial charge in [-0.2, -0.15) is 0 Å². The molecule has 754 valence electrons. The minimum absolute atomic E-state index is 0. The van der Waals surface area contributed by atoms with Crippen LogP contribution in [0.15, 0.2) is 123 Å². The number of carboxylic acid groups (broad SMARTS) is 3. The number of carboxylic acids is 3. The van der Waals surface area contributed by atoms with E-state index in [9.17, 15) is 72.9 Å². The third kappa shape index (κ3) is 20.8. The van der Waals surface area contributed by atoms with Gasteiger partial charge in [-0.05, 0) is 174 Å². The first kappa shape index (κ1) is 105. The maximum absolute atomic E-state index is 14.6. The molecule has 3 aliphatic carbocycles. The van der Waals surface area contributed by atoms with Crippen LogP contribution in [-0.4, -0.2) is 224 Å². The third-order valence-electron chi connectivity index (χ3n) is 27.3. The van der Waals surface area contributed by atoms with Crippen LogP contribution in [0.25, 0.3) is 32.3 Å². The summed E-state index contributed by atoms with van der Waals surface area (Å²) in [6.07, 6.45) is 10.9. The number of oxazole rings is 3. The quantitative estimate of drug-likeness (QED) is 0.0187. The molecule has 3 atom stereocenters. The Kier molecular flexibility index (Phi) is 31.8. The number of ether oxygens (including phenoxy) is 10. The molecule has 141 heavy (non-hydrogen) atoms. The summed E-state index contributed by atoms with van der Waals surface area (Å²) in [7, 11) is 6.07. The normalized spacial score (nSPS) is 21.9. The molecule has 6 aromatic heterocycles. The van der Waals surface area contributed by atoms with Gasteiger partial charge in [-0.3, -0.25) is 62.6 Å². The number of nitrogens with one attached hydrogen (secondary N) is 2. The summed E-state index contributed by atoms with van der Waals surface area (Å²) < 4.78 is 74.8. The number of thiophene rings is 3. The Labute approximate surface area is 826 Å². The van der Waals surface area contributed by atoms with Gasteiger partial charge in [-0.1, -0.05) is 62.0 Å². The van der Waals surface area contributed by atoms with E-state index in [1.807, 2.05) is 93.6 Å². The summed E-state index contributed by atoms with van der Waals surface area (Å²) in [6.45, 7) is 18.0. The zero-order chi connectivity index (χ0) is 100. The van der Waals surface area contributed by atoms with Crippen molar-refractivity contribution in [3.63, 3.8) is 0 Å². The number of hydrogen-bond donors (Lipinski definition) is 6. The number of fused-ring (bicyclic) bond motifs is 3. The van der Waals surface area contributed by atoms with Crippen molar-refractivity contribution in [1.29, 1.82) is 0 Å². The number of ketones is 3. The topological polar surface area (TPSA) is 496 Å². The zero-order valence-corrected chi connectivity index (χ0v) is 82.4. The number of hydrogen-bond acceptors (Lipinski definition) is 32. The molecule has 3 spiro atoms. The standard InChI is InChI=1S/2C33H37N3O9S.C29H30N2O8S.C5H11NO2.CH4/c2*1-18-24-26(37)33(15-19(16-33)27(38)35-32(2,3)31(40)41)30(39)36(29(24)46-25(18)28-34-11-14-44-28)17-23(45-20-9-12-43-13-10-20)21-7-5-6-8-22(21)42-4;1-16-22-24(32)29(13-17(14-29)27(33)34)28(35)31(26(22)40-23(16)25-30-9-12-38-25)15-21(39-18-7-10-37-11-8-18)19-5-3-4-6-20(19)36-2;1-5(2,6)4(7)8-3;/h2*5-8,11,14,19-20,23H,9-10,12-13,15-17H2,1-4H3,(H,35,38)(H,40,41);3-6,9,12,17-18,21H,7-8,10-11,13-15H2,1-2H3,(H,33,34);6H2,1-3H3;1H4/t2*19?,23-,33?;17?,21-,29?;;/m000../s1. The number of carbonyl (C=O) groups excluding carboxylic acids is 9. The Morgan fingerprint density at radius 2 is 0.716 bits per heavy atom. The molecular weight excluding hydrogens is 1880 g/mol. The number of benzene rings is 3. The van der Waals surface area contributed by atoms with Crippen LogP contribution in [0.2, 0.25) is 0 Å². The minimum Gasteiger partial charge on any atom is -0.496 e. The summed E-state index contributed by atoms with van der Waals surface area (Å²) in [5, 5.41) is 35.2. The van der Waals surface area contributed by atoms with Crippen LogP contribution in [0, 0.1) is 54.8 Å². The second kappa shape index (κ2) is 42.9. The van der Waals surface area contributed by atoms with E-state index in [1.54, 1.807) is 49.9 Å². The third-order valence-corrected chi connectivity index (χ3v) is 31.2. The number of aliphatic carboxylic acids is 3. The van der Waals surface area contributed by atoms with Gasteiger partial charge in [-0.25, -0.2) is 24.5 Å². The fourth-order valence-electron chi connectivity index (χ4n) is 19.3. The molecule has 5 amide bonds. The maximum atomic E-state index is 14.6. The smallest absolute Gasteiger partial charge is 0.328 e. The van der Waals surface area contributed by atoms with Gasteiger partial charge < -0.3 is 92.3 Å². The van der Waals surface area contributed by atoms with Crippen molar-refractivity contribution in [2.24, 2.45) is 39.7 Å². The first-order valence-electron chi connectivity index (χ1n) is 46.2. The lowest BCUT2D eigenvalue weighted by atomic mass is 9.56. The zero-order valence-electron chi connectivity index (χ0n) is 80.0. The summed E-state index contributed by atoms with van der Waals surface area (Å²) in [4.78, 5) is 178. The van der Waals surface area contributed by atoms with Gasteiger partial charge in [0, 0.05) is 68.2 Å². The second-order valence-corrected chi connectivity index (χ2v) is 40.9. The van der Waals surface area contributed by atoms with E-state index < -0.39 is 122 Å². The lowest BCUT2D eigenvalue weighted by Gasteiger charge is -2.49. The highest BCUT2D eigenvalue weighted by Gasteiger charge is 2.67. The molecule has 12 heterocycles. The van der Waals surface area contributed by atoms with Crippen LogP contribution in [-0.2, 0) is 76.3 Å². The van der Waals surface area contributed by atoms with E-state index in [0.717, 1.165) is 29.5 Å². The van der Waals surface area contributed by atoms with Crippen LogP contribution in [0.5, 0.6) is 17.2 Å². The summed E-state index contributed by atoms with van der Waals surface area (Å²) >= 11 is 3.79. The van der Waals surface area contributed by atoms with Gasteiger partial charge >= 0.3 is 23.9 Å². The fourth-order valence-corrected chi connectivity index (χ4v) is 23.0. The molecule has 7 N–H and O–H groups in total. The monoisotopic (exact) mass is 2000 g/mol. The Hall–Kier alpha value is -12.3. The molecule has 0 radical (unpaired) electrons. The summed E-state index contributed by atoms with van der Waals surface area (Å²) in [5.41, 5.74) is 2.56. The molecule has 18 rings (SSSR count). The highest BCUT2D eigenvalue weighted by atomic mass is 32.1. The van der Waals surface area contributed by atoms with E-state index in [0.29, 0.717) is 163 Å². The molecule has 9 aromatic rings. The average Bonchev–Trinajstić information content (AvgIpc) is 1.69. The van der Waals surface area contributed by atoms with E-state index in [-0.39, 0.29) is 101 Å². The van der Waals surface area contributed by atoms with Crippen LogP contribution < -0.4 is 45.3 Å². The van der Waals surface area contributed by atoms with E-state index in [2.05, 4.69) is 30.3 Å². The SMILES string of the molecule is C.COC(=O)C(C)(C)N.COc1ccccc1[C@H](CN1C(=O)C2(CC(C(=O)NC(C)(C)C(=O)O)C2)C(=O)c2c1sc(-c1ncco1)c2C)OC1CCOCC1.COc1ccccc1[C@H](CN1C(=O)C2(CC(C(=O)NC(C)(C)C(=O)O)C2)C(=O)c2c1sc(-c1ncco1)c2C)OC1CCOCC1.COc1ccccc1[C@H](CN1C(=O)C2(CC(C(=O)O)C2)C(=O)c2c1sc(-c1ncco1)c2C)OC1CCOCC1. The van der Waals surface area contributed by atoms with Gasteiger partial charge in [-0.15, -0.1) is 34.0 Å². The lowest BCUT2D eigenvalue weighted by Crippen LogP contribution is -2.63. The Morgan fingerprint density at radius 1 is 0.447 bits per heavy atom. The highest BCUT2D eigenvalue weighted by molar-refractivity contribution is 7.21. The second-order valence-electron chi connectivity index (χ2n) is 37.9. The number of rotatable bonds is 29. The first-order chi connectivity index (χ1) is 66.7. The van der Waals surface area contributed by atoms with Crippen molar-refractivity contribution >= 4 is 120 Å². The molecule has 3 saturated carbocycles. The van der Waals surface area contributed by atoms with Crippen molar-refractivity contribution in [2.45, 2.75) is 200 Å². The average molecular weight is 2000 g/mol. The molecule has 6 fully saturated rings. The molecule has 6 aliphatic heterocycles. The van der Waals surface area contributed by atoms with Crippen molar-refractivity contribution in [2.75, 3.05) is 102 Å². The Balaban J connectivity index is 0.000000161. The summed E-state index contributed by atoms with van der Waals surface area (Å²) in [5.74, 6) is -6.28. The van der Waals surface area contributed by atoms with Gasteiger partial charge in [0.05, 0.1) is 122 Å². The molecule has 3 saturated heterocycles. The van der Waals surface area contributed by atoms with Gasteiger partial charge in [0.15, 0.2) is 17.3 Å². The lowest BCUT2D eigenvalue weighted by molar-refractivity contribution is -0.152. The fraction of sp³-hybridized carbons (Fsp3) is 0.495. The van der Waals surface area contributed by atoms with Crippen LogP contribution in [0.4, 0.5) is 15.0 Å². The largest absolute Gasteiger partial charge is 0.496 e. The number of para-hydroxylation sites is 3. The number of esters is 1. The van der Waals surface area contributed by atoms with E-state index >= 15 is 0 Å². The summed E-state index contributed by atoms with van der Waals surface area (Å²) in [6, 6.07) is 22.5. The van der Waals surface area contributed by atoms with Crippen LogP contribution >= 0.6 is 34.0 Å². The predicted molar refractivity (Wildman–Crippen MR) is 516 cm³/mol. The minimum atomic E-state index is -1.50. The van der Waals surface area contributed by atoms with Crippen molar-refractivity contribution in [1.82, 2.24) is 25.6 Å². The van der Waals surface area contributed by atoms with Gasteiger partial charge in [0.1, 0.15) is 102 Å². The van der Waals surface area contributed by atoms with Crippen molar-refractivity contribution in [3.8, 4) is 49.6 Å². The Bertz CT molecular complexity index is 5870. The van der Waals surface area contributed by atoms with Crippen LogP contribution in [0.1, 0.15) is 209 Å². The Morgan fingerprint density at radius 3 is 0.943 bits per heavy atom. The highest BCUT2D eigenvalue weighted by Crippen LogP contribution is 2.62. The number of methoxy groups -OCH3 is 4. The molecule has 40 heteroatoms. The number of carbonyl (C=O) groups is 12. The van der Waals surface area contributed by atoms with Crippen LogP contribution in [0.3, 0.4) is 0 Å². The van der Waals surface area contributed by atoms with Gasteiger partial charge in [0.2, 0.25) is 47.2 Å². The van der Waals surface area contributed by atoms with Gasteiger partial charge in [0.25, 0.3) is 0 Å². The number of nitrogens with zero attached hydrogens (tertiary/aromatic N) is 6. The molecular formula is C101H119N9O28S3. The number of aromatic nitrogens is 3. The van der Waals surface area contributed by atoms with Crippen molar-refractivity contribution in [3.05, 3.63) is 160 Å². The maximum Gasteiger partial charge on any atom is 0.328 e. The molecule has 0 unspecified atom stereocenters. The molecule has 37 nitrogen and oxygen atoms in total. The number of anilines is 3.